The molecule has 0 N–H and O–H groups in total. The molecule has 3 heterocycles. The maximum Gasteiger partial charge on any atom is 0.339 e. The number of pyridine rings is 1. The molecule has 1 aliphatic heterocycles. The van der Waals surface area contributed by atoms with Gasteiger partial charge in [0.25, 0.3) is 5.56 Å². The highest BCUT2D eigenvalue weighted by atomic mass is 32.2. The van der Waals surface area contributed by atoms with Crippen LogP contribution in [0.15, 0.2) is 27.5 Å². The van der Waals surface area contributed by atoms with Gasteiger partial charge in [-0.1, -0.05) is 4.40 Å². The number of carbonyl (C=O) groups excluding carboxylic acids is 1. The molecule has 1 unspecified atom stereocenters. The van der Waals surface area contributed by atoms with E-state index in [1.165, 1.54) is 16.7 Å². The van der Waals surface area contributed by atoms with Crippen molar-refractivity contribution in [1.82, 2.24) is 9.38 Å². The fraction of sp³-hybridized carbons (Fsp3) is 0.524. The summed E-state index contributed by atoms with van der Waals surface area (Å²) >= 11 is -1.52. The Labute approximate surface area is 184 Å². The Kier molecular flexibility index (Phi) is 7.03. The molecule has 0 saturated carbocycles. The zero-order valence-electron chi connectivity index (χ0n) is 18.5. The summed E-state index contributed by atoms with van der Waals surface area (Å²) in [5.41, 5.74) is 1.08. The van der Waals surface area contributed by atoms with Gasteiger partial charge in [0, 0.05) is 30.9 Å². The van der Waals surface area contributed by atoms with Crippen molar-refractivity contribution in [3.05, 3.63) is 39.8 Å². The van der Waals surface area contributed by atoms with Crippen molar-refractivity contribution >= 4 is 34.5 Å². The minimum atomic E-state index is -1.52. The Morgan fingerprint density at radius 2 is 2.00 bits per heavy atom. The van der Waals surface area contributed by atoms with E-state index in [9.17, 15) is 14.1 Å². The van der Waals surface area contributed by atoms with Crippen LogP contribution >= 0.6 is 0 Å². The molecule has 1 atom stereocenters. The van der Waals surface area contributed by atoms with Gasteiger partial charge in [-0.3, -0.25) is 9.20 Å². The monoisotopic (exact) mass is 448 g/mol. The number of esters is 1. The fourth-order valence-electron chi connectivity index (χ4n) is 3.05. The highest BCUT2D eigenvalue weighted by Crippen LogP contribution is 2.21. The number of ether oxygens (including phenoxy) is 2. The third kappa shape index (κ3) is 5.25. The lowest BCUT2D eigenvalue weighted by atomic mass is 10.1. The molecule has 1 saturated heterocycles. The molecule has 1 fully saturated rings. The summed E-state index contributed by atoms with van der Waals surface area (Å²) in [7, 11) is 0. The van der Waals surface area contributed by atoms with Crippen LogP contribution < -0.4 is 10.5 Å². The molecular weight excluding hydrogens is 420 g/mol. The highest BCUT2D eigenvalue weighted by Gasteiger charge is 2.28. The topological polar surface area (TPSA) is 109 Å². The SMILES string of the molecule is CCOC(=O)c1cc(/C(C)=N/[S+]([O-])C(C)(C)C)c2nc(N3CCOCC3)cc(=O)n2c1. The molecule has 0 aromatic carbocycles. The van der Waals surface area contributed by atoms with Crippen molar-refractivity contribution < 1.29 is 18.8 Å². The Balaban J connectivity index is 2.21. The van der Waals surface area contributed by atoms with Crippen LogP contribution in [0.4, 0.5) is 5.82 Å². The molecule has 3 rings (SSSR count). The molecule has 168 valence electrons. The lowest BCUT2D eigenvalue weighted by Gasteiger charge is -2.28. The van der Waals surface area contributed by atoms with Gasteiger partial charge in [0.2, 0.25) is 0 Å². The van der Waals surface area contributed by atoms with Crippen LogP contribution in [0.1, 0.15) is 50.5 Å². The van der Waals surface area contributed by atoms with Crippen molar-refractivity contribution in [1.29, 1.82) is 0 Å². The van der Waals surface area contributed by atoms with Crippen LogP contribution in [-0.2, 0) is 20.8 Å². The molecular formula is C21H28N4O5S. The highest BCUT2D eigenvalue weighted by molar-refractivity contribution is 7.91. The summed E-state index contributed by atoms with van der Waals surface area (Å²) < 4.78 is 28.2. The van der Waals surface area contributed by atoms with E-state index in [2.05, 4.69) is 4.40 Å². The maximum absolute atomic E-state index is 12.9. The van der Waals surface area contributed by atoms with Gasteiger partial charge >= 0.3 is 5.97 Å². The minimum absolute atomic E-state index is 0.198. The van der Waals surface area contributed by atoms with E-state index in [4.69, 9.17) is 14.5 Å². The number of aromatic nitrogens is 2. The fourth-order valence-corrected chi connectivity index (χ4v) is 3.67. The van der Waals surface area contributed by atoms with Crippen molar-refractivity contribution in [3.63, 3.8) is 0 Å². The smallest absolute Gasteiger partial charge is 0.339 e. The summed E-state index contributed by atoms with van der Waals surface area (Å²) in [4.78, 5) is 32.0. The van der Waals surface area contributed by atoms with Gasteiger partial charge in [0.05, 0.1) is 31.1 Å². The first kappa shape index (κ1) is 23.2. The van der Waals surface area contributed by atoms with Gasteiger partial charge in [0.15, 0.2) is 5.65 Å². The molecule has 2 aromatic rings. The van der Waals surface area contributed by atoms with Crippen LogP contribution in [0.2, 0.25) is 0 Å². The number of anilines is 1. The van der Waals surface area contributed by atoms with Gasteiger partial charge in [-0.05, 0) is 40.7 Å². The Morgan fingerprint density at radius 1 is 1.32 bits per heavy atom. The van der Waals surface area contributed by atoms with Gasteiger partial charge in [-0.2, -0.15) is 0 Å². The summed E-state index contributed by atoms with van der Waals surface area (Å²) in [5, 5.41) is 0. The number of fused-ring (bicyclic) bond motifs is 1. The molecule has 0 radical (unpaired) electrons. The van der Waals surface area contributed by atoms with Crippen LogP contribution in [0.25, 0.3) is 5.65 Å². The van der Waals surface area contributed by atoms with Crippen LogP contribution in [0, 0.1) is 0 Å². The summed E-state index contributed by atoms with van der Waals surface area (Å²) in [6, 6.07) is 3.03. The summed E-state index contributed by atoms with van der Waals surface area (Å²) in [5.74, 6) is -0.0253. The Hall–Kier alpha value is -2.43. The third-order valence-electron chi connectivity index (χ3n) is 4.73. The second-order valence-electron chi connectivity index (χ2n) is 8.15. The van der Waals surface area contributed by atoms with Gasteiger partial charge < -0.3 is 18.9 Å². The predicted octanol–water partition coefficient (Wildman–Crippen LogP) is 1.98. The molecule has 31 heavy (non-hydrogen) atoms. The number of morpholine rings is 1. The lowest BCUT2D eigenvalue weighted by Crippen LogP contribution is -2.37. The van der Waals surface area contributed by atoms with Crippen molar-refractivity contribution in [2.75, 3.05) is 37.8 Å². The van der Waals surface area contributed by atoms with Crippen molar-refractivity contribution in [3.8, 4) is 0 Å². The number of nitrogens with zero attached hydrogens (tertiary/aromatic N) is 4. The first-order valence-electron chi connectivity index (χ1n) is 10.2. The molecule has 0 spiro atoms. The van der Waals surface area contributed by atoms with E-state index in [1.54, 1.807) is 19.9 Å². The van der Waals surface area contributed by atoms with Crippen molar-refractivity contribution in [2.45, 2.75) is 39.4 Å². The molecule has 2 aromatic heterocycles. The zero-order chi connectivity index (χ0) is 22.8. The van der Waals surface area contributed by atoms with Crippen LogP contribution in [-0.4, -0.2) is 63.3 Å². The van der Waals surface area contributed by atoms with Gasteiger partial charge in [-0.15, -0.1) is 0 Å². The van der Waals surface area contributed by atoms with E-state index in [-0.39, 0.29) is 17.7 Å². The average Bonchev–Trinajstić information content (AvgIpc) is 2.73. The number of hydrogen-bond acceptors (Lipinski definition) is 8. The van der Waals surface area contributed by atoms with E-state index in [0.717, 1.165) is 0 Å². The molecule has 0 bridgehead atoms. The minimum Gasteiger partial charge on any atom is -0.591 e. The Morgan fingerprint density at radius 3 is 2.61 bits per heavy atom. The van der Waals surface area contributed by atoms with E-state index in [0.29, 0.717) is 49.0 Å². The standard InChI is InChI=1S/C21H28N4O5S/c1-6-30-20(27)15-11-16(14(2)23-31(28)21(3,4)5)19-22-17(12-18(26)25(19)13-15)24-7-9-29-10-8-24/h11-13H,6-10H2,1-5H3/b23-14+. The average molecular weight is 449 g/mol. The molecule has 10 heteroatoms. The van der Waals surface area contributed by atoms with Crippen LogP contribution in [0.5, 0.6) is 0 Å². The summed E-state index contributed by atoms with van der Waals surface area (Å²) in [6.07, 6.45) is 1.42. The normalized spacial score (nSPS) is 16.5. The maximum atomic E-state index is 12.9. The van der Waals surface area contributed by atoms with Crippen LogP contribution in [0.3, 0.4) is 0 Å². The Bertz CT molecular complexity index is 1050. The molecule has 9 nitrogen and oxygen atoms in total. The quantitative estimate of drug-likeness (QED) is 0.391. The number of carbonyl (C=O) groups is 1. The second kappa shape index (κ2) is 9.37. The lowest BCUT2D eigenvalue weighted by molar-refractivity contribution is 0.0525. The van der Waals surface area contributed by atoms with E-state index >= 15 is 0 Å². The number of rotatable bonds is 5. The molecule has 0 amide bonds. The van der Waals surface area contributed by atoms with Gasteiger partial charge in [0.1, 0.15) is 21.9 Å². The zero-order valence-corrected chi connectivity index (χ0v) is 19.3. The summed E-state index contributed by atoms with van der Waals surface area (Å²) in [6.45, 7) is 11.5. The first-order valence-corrected chi connectivity index (χ1v) is 11.3. The largest absolute Gasteiger partial charge is 0.591 e. The molecule has 1 aliphatic rings. The van der Waals surface area contributed by atoms with Gasteiger partial charge in [-0.25, -0.2) is 9.78 Å². The number of hydrogen-bond donors (Lipinski definition) is 0. The predicted molar refractivity (Wildman–Crippen MR) is 121 cm³/mol. The third-order valence-corrected chi connectivity index (χ3v) is 6.21. The van der Waals surface area contributed by atoms with E-state index in [1.807, 2.05) is 25.7 Å². The van der Waals surface area contributed by atoms with E-state index < -0.39 is 22.1 Å². The first-order chi connectivity index (χ1) is 14.6. The second-order valence-corrected chi connectivity index (χ2v) is 10.1. The molecule has 0 aliphatic carbocycles. The van der Waals surface area contributed by atoms with Crippen molar-refractivity contribution in [2.24, 2.45) is 4.40 Å².